The molecule has 1 aromatic heterocycles. The number of hydrogen-bond donors (Lipinski definition) is 1. The lowest BCUT2D eigenvalue weighted by atomic mass is 10.1. The minimum Gasteiger partial charge on any atom is -0.441 e. The maximum Gasteiger partial charge on any atom is 0.211 e. The molecule has 0 aliphatic carbocycles. The van der Waals surface area contributed by atoms with Crippen LogP contribution in [-0.4, -0.2) is 18.6 Å². The molecule has 1 N–H and O–H groups in total. The van der Waals surface area contributed by atoms with E-state index < -0.39 is 5.60 Å². The van der Waals surface area contributed by atoms with Crippen molar-refractivity contribution in [1.82, 2.24) is 10.3 Å². The molecular weight excluding hydrogens is 204 g/mol. The second-order valence-corrected chi connectivity index (χ2v) is 4.45. The van der Waals surface area contributed by atoms with Gasteiger partial charge in [0, 0.05) is 7.11 Å². The highest BCUT2D eigenvalue weighted by molar-refractivity contribution is 5.05. The first-order valence-corrected chi connectivity index (χ1v) is 5.76. The van der Waals surface area contributed by atoms with E-state index >= 15 is 0 Å². The van der Waals surface area contributed by atoms with Crippen LogP contribution in [0, 0.1) is 0 Å². The Morgan fingerprint density at radius 1 is 1.56 bits per heavy atom. The molecule has 92 valence electrons. The molecule has 1 unspecified atom stereocenters. The van der Waals surface area contributed by atoms with Crippen molar-refractivity contribution in [2.24, 2.45) is 0 Å². The van der Waals surface area contributed by atoms with Crippen molar-refractivity contribution in [3.05, 3.63) is 17.8 Å². The molecule has 0 aromatic carbocycles. The summed E-state index contributed by atoms with van der Waals surface area (Å²) in [4.78, 5) is 4.27. The molecule has 1 heterocycles. The van der Waals surface area contributed by atoms with Crippen LogP contribution in [0.15, 0.2) is 10.6 Å². The molecule has 4 heteroatoms. The van der Waals surface area contributed by atoms with Gasteiger partial charge in [0.1, 0.15) is 5.60 Å². The molecule has 0 bridgehead atoms. The summed E-state index contributed by atoms with van der Waals surface area (Å²) in [6.07, 6.45) is 2.84. The van der Waals surface area contributed by atoms with Crippen LogP contribution in [0.1, 0.15) is 51.8 Å². The summed E-state index contributed by atoms with van der Waals surface area (Å²) in [5.41, 5.74) is -0.421. The molecule has 0 spiro atoms. The zero-order valence-corrected chi connectivity index (χ0v) is 10.8. The lowest BCUT2D eigenvalue weighted by Gasteiger charge is -2.19. The smallest absolute Gasteiger partial charge is 0.211 e. The zero-order chi connectivity index (χ0) is 12.2. The number of nitrogens with zero attached hydrogens (tertiary/aromatic N) is 1. The van der Waals surface area contributed by atoms with Crippen molar-refractivity contribution >= 4 is 0 Å². The Labute approximate surface area is 97.4 Å². The van der Waals surface area contributed by atoms with Crippen LogP contribution in [0.5, 0.6) is 0 Å². The number of oxazole rings is 1. The summed E-state index contributed by atoms with van der Waals surface area (Å²) < 4.78 is 11.0. The SMILES string of the molecule is CCCNC(C)c1ncc(C(C)(C)OC)o1. The summed E-state index contributed by atoms with van der Waals surface area (Å²) in [6.45, 7) is 9.06. The molecule has 4 nitrogen and oxygen atoms in total. The minimum atomic E-state index is -0.421. The number of methoxy groups -OCH3 is 1. The molecule has 0 radical (unpaired) electrons. The Morgan fingerprint density at radius 3 is 2.81 bits per heavy atom. The van der Waals surface area contributed by atoms with E-state index in [0.717, 1.165) is 18.7 Å². The average Bonchev–Trinajstić information content (AvgIpc) is 2.75. The van der Waals surface area contributed by atoms with Crippen LogP contribution in [0.3, 0.4) is 0 Å². The highest BCUT2D eigenvalue weighted by Gasteiger charge is 2.25. The van der Waals surface area contributed by atoms with Crippen LogP contribution in [0.2, 0.25) is 0 Å². The molecule has 0 saturated heterocycles. The molecule has 0 amide bonds. The quantitative estimate of drug-likeness (QED) is 0.810. The second kappa shape index (κ2) is 5.46. The molecule has 0 fully saturated rings. The fourth-order valence-electron chi connectivity index (χ4n) is 1.31. The normalized spacial score (nSPS) is 14.1. The molecule has 1 atom stereocenters. The van der Waals surface area contributed by atoms with E-state index in [2.05, 4.69) is 17.2 Å². The van der Waals surface area contributed by atoms with Gasteiger partial charge in [-0.2, -0.15) is 0 Å². The lowest BCUT2D eigenvalue weighted by molar-refractivity contribution is -0.000255. The summed E-state index contributed by atoms with van der Waals surface area (Å²) in [6, 6.07) is 0.140. The van der Waals surface area contributed by atoms with Gasteiger partial charge in [-0.1, -0.05) is 6.92 Å². The third-order valence-corrected chi connectivity index (χ3v) is 2.70. The Hall–Kier alpha value is -0.870. The van der Waals surface area contributed by atoms with Gasteiger partial charge in [0.2, 0.25) is 5.89 Å². The molecule has 1 rings (SSSR count). The van der Waals surface area contributed by atoms with Gasteiger partial charge in [-0.05, 0) is 33.7 Å². The minimum absolute atomic E-state index is 0.140. The van der Waals surface area contributed by atoms with Gasteiger partial charge >= 0.3 is 0 Å². The van der Waals surface area contributed by atoms with E-state index in [0.29, 0.717) is 5.89 Å². The first-order chi connectivity index (χ1) is 7.51. The fourth-order valence-corrected chi connectivity index (χ4v) is 1.31. The predicted octanol–water partition coefficient (Wildman–Crippen LogP) is 2.62. The fraction of sp³-hybridized carbons (Fsp3) is 0.750. The van der Waals surface area contributed by atoms with Crippen molar-refractivity contribution in [2.75, 3.05) is 13.7 Å². The third-order valence-electron chi connectivity index (χ3n) is 2.70. The van der Waals surface area contributed by atoms with Gasteiger partial charge in [0.25, 0.3) is 0 Å². The van der Waals surface area contributed by atoms with Crippen LogP contribution in [-0.2, 0) is 10.3 Å². The van der Waals surface area contributed by atoms with E-state index in [1.54, 1.807) is 13.3 Å². The van der Waals surface area contributed by atoms with Gasteiger partial charge in [0.15, 0.2) is 5.76 Å². The molecule has 0 aliphatic rings. The first kappa shape index (κ1) is 13.2. The van der Waals surface area contributed by atoms with Gasteiger partial charge in [0.05, 0.1) is 12.2 Å². The molecule has 0 saturated carbocycles. The monoisotopic (exact) mass is 226 g/mol. The largest absolute Gasteiger partial charge is 0.441 e. The van der Waals surface area contributed by atoms with Gasteiger partial charge in [-0.25, -0.2) is 4.98 Å². The Bertz CT molecular complexity index is 321. The van der Waals surface area contributed by atoms with Crippen LogP contribution < -0.4 is 5.32 Å². The molecule has 1 aromatic rings. The van der Waals surface area contributed by atoms with Crippen LogP contribution in [0.25, 0.3) is 0 Å². The van der Waals surface area contributed by atoms with Crippen molar-refractivity contribution in [1.29, 1.82) is 0 Å². The van der Waals surface area contributed by atoms with Gasteiger partial charge < -0.3 is 14.5 Å². The van der Waals surface area contributed by atoms with E-state index in [-0.39, 0.29) is 6.04 Å². The van der Waals surface area contributed by atoms with Gasteiger partial charge in [-0.15, -0.1) is 0 Å². The van der Waals surface area contributed by atoms with E-state index in [4.69, 9.17) is 9.15 Å². The number of nitrogens with one attached hydrogen (secondary N) is 1. The Kier molecular flexibility index (Phi) is 4.50. The maximum absolute atomic E-state index is 5.70. The van der Waals surface area contributed by atoms with Crippen molar-refractivity contribution in [3.63, 3.8) is 0 Å². The average molecular weight is 226 g/mol. The number of hydrogen-bond acceptors (Lipinski definition) is 4. The first-order valence-electron chi connectivity index (χ1n) is 5.76. The number of rotatable bonds is 6. The van der Waals surface area contributed by atoms with Crippen molar-refractivity contribution < 1.29 is 9.15 Å². The summed E-state index contributed by atoms with van der Waals surface area (Å²) in [5.74, 6) is 1.48. The Balaban J connectivity index is 2.71. The highest BCUT2D eigenvalue weighted by atomic mass is 16.5. The standard InChI is InChI=1S/C12H22N2O2/c1-6-7-13-9(2)11-14-8-10(16-11)12(3,4)15-5/h8-9,13H,6-7H2,1-5H3. The maximum atomic E-state index is 5.70. The number of aromatic nitrogens is 1. The Morgan fingerprint density at radius 2 is 2.25 bits per heavy atom. The zero-order valence-electron chi connectivity index (χ0n) is 10.8. The summed E-state index contributed by atoms with van der Waals surface area (Å²) in [5, 5.41) is 3.33. The molecule has 0 aliphatic heterocycles. The molecule has 16 heavy (non-hydrogen) atoms. The topological polar surface area (TPSA) is 47.3 Å². The second-order valence-electron chi connectivity index (χ2n) is 4.45. The molecular formula is C12H22N2O2. The van der Waals surface area contributed by atoms with Crippen molar-refractivity contribution in [2.45, 2.75) is 45.8 Å². The summed E-state index contributed by atoms with van der Waals surface area (Å²) in [7, 11) is 1.67. The van der Waals surface area contributed by atoms with Crippen LogP contribution >= 0.6 is 0 Å². The van der Waals surface area contributed by atoms with Crippen LogP contribution in [0.4, 0.5) is 0 Å². The van der Waals surface area contributed by atoms with Gasteiger partial charge in [-0.3, -0.25) is 0 Å². The van der Waals surface area contributed by atoms with Crippen molar-refractivity contribution in [3.8, 4) is 0 Å². The third kappa shape index (κ3) is 3.06. The lowest BCUT2D eigenvalue weighted by Crippen LogP contribution is -2.20. The highest BCUT2D eigenvalue weighted by Crippen LogP contribution is 2.25. The summed E-state index contributed by atoms with van der Waals surface area (Å²) >= 11 is 0. The van der Waals surface area contributed by atoms with E-state index in [1.807, 2.05) is 20.8 Å². The van der Waals surface area contributed by atoms with E-state index in [1.165, 1.54) is 0 Å². The van der Waals surface area contributed by atoms with E-state index in [9.17, 15) is 0 Å². The predicted molar refractivity (Wildman–Crippen MR) is 63.2 cm³/mol. The number of ether oxygens (including phenoxy) is 1.